The molecule has 2 N–H and O–H groups in total. The SMILES string of the molecule is CSCCC(NC(=O)c1ccc2c(c1)nc(-c1ccc3nc(-c4ccccc4)cnc3c1)n2C1CCCCC1)C(=O)O. The number of aromatic nitrogens is 4. The molecule has 1 unspecified atom stereocenters. The molecule has 1 amide bonds. The third kappa shape index (κ3) is 5.74. The maximum atomic E-state index is 13.1. The molecule has 0 radical (unpaired) electrons. The second-order valence-electron chi connectivity index (χ2n) is 10.8. The van der Waals surface area contributed by atoms with Crippen LogP contribution in [0.2, 0.25) is 0 Å². The number of rotatable bonds is 9. The molecular weight excluding hydrogens is 546 g/mol. The Bertz CT molecular complexity index is 1750. The van der Waals surface area contributed by atoms with Gasteiger partial charge in [0.1, 0.15) is 11.9 Å². The zero-order valence-electron chi connectivity index (χ0n) is 23.5. The van der Waals surface area contributed by atoms with Crippen molar-refractivity contribution in [1.29, 1.82) is 0 Å². The van der Waals surface area contributed by atoms with Crippen LogP contribution in [0.4, 0.5) is 0 Å². The molecule has 42 heavy (non-hydrogen) atoms. The van der Waals surface area contributed by atoms with Gasteiger partial charge in [-0.2, -0.15) is 11.8 Å². The number of thioether (sulfide) groups is 1. The second-order valence-corrected chi connectivity index (χ2v) is 11.8. The van der Waals surface area contributed by atoms with Crippen LogP contribution in [0.1, 0.15) is 54.9 Å². The van der Waals surface area contributed by atoms with Crippen molar-refractivity contribution in [2.24, 2.45) is 0 Å². The van der Waals surface area contributed by atoms with Crippen LogP contribution in [0.5, 0.6) is 0 Å². The maximum absolute atomic E-state index is 13.1. The maximum Gasteiger partial charge on any atom is 0.326 e. The summed E-state index contributed by atoms with van der Waals surface area (Å²) in [4.78, 5) is 39.4. The summed E-state index contributed by atoms with van der Waals surface area (Å²) in [5.74, 6) is 0.0514. The molecule has 6 rings (SSSR count). The fourth-order valence-electron chi connectivity index (χ4n) is 5.78. The van der Waals surface area contributed by atoms with Crippen LogP contribution in [0, 0.1) is 0 Å². The molecule has 1 saturated carbocycles. The van der Waals surface area contributed by atoms with Gasteiger partial charge in [0.2, 0.25) is 0 Å². The zero-order chi connectivity index (χ0) is 29.1. The van der Waals surface area contributed by atoms with Gasteiger partial charge < -0.3 is 15.0 Å². The summed E-state index contributed by atoms with van der Waals surface area (Å²) in [6.07, 6.45) is 9.81. The van der Waals surface area contributed by atoms with Crippen molar-refractivity contribution in [2.45, 2.75) is 50.6 Å². The first kappa shape index (κ1) is 27.9. The second kappa shape index (κ2) is 12.3. The summed E-state index contributed by atoms with van der Waals surface area (Å²) in [5, 5.41) is 12.3. The Morgan fingerprint density at radius 2 is 1.76 bits per heavy atom. The van der Waals surface area contributed by atoms with Crippen molar-refractivity contribution in [1.82, 2.24) is 24.8 Å². The van der Waals surface area contributed by atoms with E-state index in [1.54, 1.807) is 30.1 Å². The van der Waals surface area contributed by atoms with Crippen molar-refractivity contribution in [3.63, 3.8) is 0 Å². The molecule has 5 aromatic rings. The van der Waals surface area contributed by atoms with Crippen molar-refractivity contribution < 1.29 is 14.7 Å². The number of benzene rings is 3. The summed E-state index contributed by atoms with van der Waals surface area (Å²) in [5.41, 5.74) is 6.48. The molecule has 1 aliphatic rings. The summed E-state index contributed by atoms with van der Waals surface area (Å²) < 4.78 is 2.32. The monoisotopic (exact) mass is 579 g/mol. The molecule has 1 atom stereocenters. The van der Waals surface area contributed by atoms with Crippen molar-refractivity contribution in [2.75, 3.05) is 12.0 Å². The molecule has 1 aliphatic carbocycles. The fraction of sp³-hybridized carbons (Fsp3) is 0.303. The van der Waals surface area contributed by atoms with Gasteiger partial charge in [-0.15, -0.1) is 0 Å². The van der Waals surface area contributed by atoms with Gasteiger partial charge in [-0.1, -0.05) is 49.6 Å². The van der Waals surface area contributed by atoms with Gasteiger partial charge in [-0.05, 0) is 67.7 Å². The number of imidazole rings is 1. The number of amides is 1. The molecule has 0 aliphatic heterocycles. The van der Waals surface area contributed by atoms with Crippen LogP contribution >= 0.6 is 11.8 Å². The number of nitrogens with one attached hydrogen (secondary N) is 1. The standard InChI is InChI=1S/C33H33N5O3S/c1-42-17-16-26(33(40)41)37-32(39)23-13-15-30-28(19-23)36-31(38(30)24-10-6-3-7-11-24)22-12-14-25-27(18-22)34-20-29(35-25)21-8-4-2-5-9-21/h2,4-5,8-9,12-15,18-20,24,26H,3,6-7,10-11,16-17H2,1H3,(H,37,39)(H,40,41). The average molecular weight is 580 g/mol. The molecule has 2 heterocycles. The minimum absolute atomic E-state index is 0.309. The number of hydrogen-bond donors (Lipinski definition) is 2. The van der Waals surface area contributed by atoms with Crippen molar-refractivity contribution in [3.8, 4) is 22.6 Å². The van der Waals surface area contributed by atoms with Crippen molar-refractivity contribution >= 4 is 45.7 Å². The first-order valence-corrected chi connectivity index (χ1v) is 15.8. The number of carbonyl (C=O) groups is 2. The normalized spacial score (nSPS) is 14.7. The number of carbonyl (C=O) groups excluding carboxylic acids is 1. The molecule has 0 bridgehead atoms. The number of carboxylic acid groups (broad SMARTS) is 1. The van der Waals surface area contributed by atoms with Crippen molar-refractivity contribution in [3.05, 3.63) is 78.5 Å². The highest BCUT2D eigenvalue weighted by Gasteiger charge is 2.25. The molecule has 2 aromatic heterocycles. The smallest absolute Gasteiger partial charge is 0.326 e. The van der Waals surface area contributed by atoms with Crippen LogP contribution in [-0.2, 0) is 4.79 Å². The molecule has 8 nitrogen and oxygen atoms in total. The number of aliphatic carboxylic acids is 1. The Morgan fingerprint density at radius 3 is 2.52 bits per heavy atom. The largest absolute Gasteiger partial charge is 0.480 e. The Hall–Kier alpha value is -4.24. The Kier molecular flexibility index (Phi) is 8.19. The highest BCUT2D eigenvalue weighted by Crippen LogP contribution is 2.37. The van der Waals surface area contributed by atoms with E-state index in [9.17, 15) is 14.7 Å². The van der Waals surface area contributed by atoms with Gasteiger partial charge in [-0.25, -0.2) is 14.8 Å². The van der Waals surface area contributed by atoms with Gasteiger partial charge in [0.25, 0.3) is 5.91 Å². The lowest BCUT2D eigenvalue weighted by atomic mass is 9.94. The summed E-state index contributed by atoms with van der Waals surface area (Å²) in [6.45, 7) is 0. The van der Waals surface area contributed by atoms with E-state index >= 15 is 0 Å². The van der Waals surface area contributed by atoms with E-state index in [1.165, 1.54) is 19.3 Å². The lowest BCUT2D eigenvalue weighted by Crippen LogP contribution is -2.41. The molecule has 0 saturated heterocycles. The topological polar surface area (TPSA) is 110 Å². The summed E-state index contributed by atoms with van der Waals surface area (Å²) >= 11 is 1.55. The van der Waals surface area contributed by atoms with Gasteiger partial charge in [0.15, 0.2) is 0 Å². The van der Waals surface area contributed by atoms with Gasteiger partial charge in [0.05, 0.1) is 34.0 Å². The zero-order valence-corrected chi connectivity index (χ0v) is 24.3. The lowest BCUT2D eigenvalue weighted by Gasteiger charge is -2.25. The average Bonchev–Trinajstić information content (AvgIpc) is 3.42. The highest BCUT2D eigenvalue weighted by atomic mass is 32.2. The van der Waals surface area contributed by atoms with Crippen LogP contribution in [0.15, 0.2) is 72.9 Å². The van der Waals surface area contributed by atoms with E-state index in [4.69, 9.17) is 15.0 Å². The van der Waals surface area contributed by atoms with E-state index in [0.29, 0.717) is 29.3 Å². The quantitative estimate of drug-likeness (QED) is 0.199. The number of fused-ring (bicyclic) bond motifs is 2. The van der Waals surface area contributed by atoms with E-state index in [2.05, 4.69) is 9.88 Å². The Labute approximate surface area is 248 Å². The molecular formula is C33H33N5O3S. The Morgan fingerprint density at radius 1 is 0.952 bits per heavy atom. The van der Waals surface area contributed by atoms with E-state index < -0.39 is 17.9 Å². The first-order chi connectivity index (χ1) is 20.5. The minimum Gasteiger partial charge on any atom is -0.480 e. The predicted molar refractivity (Wildman–Crippen MR) is 168 cm³/mol. The predicted octanol–water partition coefficient (Wildman–Crippen LogP) is 6.75. The number of carboxylic acids is 1. The van der Waals surface area contributed by atoms with Crippen LogP contribution < -0.4 is 5.32 Å². The van der Waals surface area contributed by atoms with Gasteiger partial charge in [0, 0.05) is 22.7 Å². The molecule has 3 aromatic carbocycles. The molecule has 0 spiro atoms. The lowest BCUT2D eigenvalue weighted by molar-refractivity contribution is -0.139. The van der Waals surface area contributed by atoms with Gasteiger partial charge in [-0.3, -0.25) is 9.78 Å². The van der Waals surface area contributed by atoms with Crippen LogP contribution in [0.3, 0.4) is 0 Å². The third-order valence-electron chi connectivity index (χ3n) is 7.98. The minimum atomic E-state index is -1.03. The molecule has 1 fully saturated rings. The Balaban J connectivity index is 1.38. The first-order valence-electron chi connectivity index (χ1n) is 14.4. The molecule has 9 heteroatoms. The summed E-state index contributed by atoms with van der Waals surface area (Å²) in [7, 11) is 0. The number of nitrogens with zero attached hydrogens (tertiary/aromatic N) is 4. The van der Waals surface area contributed by atoms with Gasteiger partial charge >= 0.3 is 5.97 Å². The van der Waals surface area contributed by atoms with E-state index in [0.717, 1.165) is 52.0 Å². The number of hydrogen-bond acceptors (Lipinski definition) is 6. The molecule has 214 valence electrons. The van der Waals surface area contributed by atoms with E-state index in [1.807, 2.05) is 60.9 Å². The summed E-state index contributed by atoms with van der Waals surface area (Å²) in [6, 6.07) is 21.0. The third-order valence-corrected chi connectivity index (χ3v) is 8.62. The highest BCUT2D eigenvalue weighted by molar-refractivity contribution is 7.98. The van der Waals surface area contributed by atoms with E-state index in [-0.39, 0.29) is 0 Å². The van der Waals surface area contributed by atoms with Crippen LogP contribution in [0.25, 0.3) is 44.7 Å². The fourth-order valence-corrected chi connectivity index (χ4v) is 6.26. The van der Waals surface area contributed by atoms with Crippen LogP contribution in [-0.4, -0.2) is 54.6 Å².